The van der Waals surface area contributed by atoms with Crippen molar-refractivity contribution in [1.29, 1.82) is 0 Å². The molecule has 0 amide bonds. The van der Waals surface area contributed by atoms with Crippen molar-refractivity contribution in [3.05, 3.63) is 24.3 Å². The summed E-state index contributed by atoms with van der Waals surface area (Å²) >= 11 is 1.32. The van der Waals surface area contributed by atoms with Gasteiger partial charge in [0.1, 0.15) is 5.52 Å². The summed E-state index contributed by atoms with van der Waals surface area (Å²) in [6, 6.07) is 7.66. The number of para-hydroxylation sites is 2. The Kier molecular flexibility index (Phi) is 3.32. The fourth-order valence-electron chi connectivity index (χ4n) is 2.34. The van der Waals surface area contributed by atoms with E-state index in [-0.39, 0.29) is 6.10 Å². The standard InChI is InChI=1S/C13H13N5O2S/c1-2-6-11-10(5-1)14-13(20-11)21-12-15-16-17-18(12)8-9-4-3-7-19-9/h1-2,5-6,9H,3-4,7-8H2/t9-/m0/s1. The first kappa shape index (κ1) is 12.8. The van der Waals surface area contributed by atoms with E-state index in [1.54, 1.807) is 4.68 Å². The van der Waals surface area contributed by atoms with Crippen LogP contribution in [0.2, 0.25) is 0 Å². The fourth-order valence-corrected chi connectivity index (χ4v) is 3.06. The number of oxazole rings is 1. The predicted octanol–water partition coefficient (Wildman–Crippen LogP) is 2.14. The first-order valence-corrected chi connectivity index (χ1v) is 7.61. The molecule has 7 nitrogen and oxygen atoms in total. The molecule has 0 bridgehead atoms. The lowest BCUT2D eigenvalue weighted by atomic mass is 10.2. The maximum Gasteiger partial charge on any atom is 0.264 e. The van der Waals surface area contributed by atoms with Gasteiger partial charge in [0.25, 0.3) is 5.22 Å². The van der Waals surface area contributed by atoms with Gasteiger partial charge in [0, 0.05) is 18.4 Å². The highest BCUT2D eigenvalue weighted by atomic mass is 32.2. The third-order valence-corrected chi connectivity index (χ3v) is 4.18. The van der Waals surface area contributed by atoms with Crippen LogP contribution in [-0.4, -0.2) is 37.9 Å². The van der Waals surface area contributed by atoms with Crippen molar-refractivity contribution in [3.63, 3.8) is 0 Å². The van der Waals surface area contributed by atoms with E-state index < -0.39 is 0 Å². The van der Waals surface area contributed by atoms with E-state index in [1.807, 2.05) is 24.3 Å². The summed E-state index contributed by atoms with van der Waals surface area (Å²) in [7, 11) is 0. The van der Waals surface area contributed by atoms with Crippen LogP contribution in [-0.2, 0) is 11.3 Å². The number of aromatic nitrogens is 5. The van der Waals surface area contributed by atoms with Crippen molar-refractivity contribution in [2.45, 2.75) is 35.9 Å². The number of hydrogen-bond donors (Lipinski definition) is 0. The molecule has 1 saturated heterocycles. The third-order valence-electron chi connectivity index (χ3n) is 3.35. The molecule has 0 unspecified atom stereocenters. The average Bonchev–Trinajstić information content (AvgIpc) is 3.21. The molecule has 0 saturated carbocycles. The predicted molar refractivity (Wildman–Crippen MR) is 74.9 cm³/mol. The molecule has 0 N–H and O–H groups in total. The Morgan fingerprint density at radius 3 is 3.14 bits per heavy atom. The largest absolute Gasteiger partial charge is 0.431 e. The second kappa shape index (κ2) is 5.45. The SMILES string of the molecule is c1ccc2oc(Sc3nnnn3C[C@@H]3CCCO3)nc2c1. The van der Waals surface area contributed by atoms with E-state index in [0.29, 0.717) is 16.9 Å². The molecule has 1 aliphatic heterocycles. The molecule has 3 aromatic rings. The van der Waals surface area contributed by atoms with Crippen LogP contribution in [0.15, 0.2) is 39.1 Å². The van der Waals surface area contributed by atoms with Gasteiger partial charge in [-0.1, -0.05) is 12.1 Å². The Morgan fingerprint density at radius 1 is 1.33 bits per heavy atom. The minimum absolute atomic E-state index is 0.191. The summed E-state index contributed by atoms with van der Waals surface area (Å²) in [4.78, 5) is 4.42. The van der Waals surface area contributed by atoms with E-state index in [1.165, 1.54) is 11.8 Å². The molecule has 1 fully saturated rings. The van der Waals surface area contributed by atoms with Crippen LogP contribution in [0.5, 0.6) is 0 Å². The van der Waals surface area contributed by atoms with Crippen LogP contribution < -0.4 is 0 Å². The molecule has 4 rings (SSSR count). The second-order valence-electron chi connectivity index (χ2n) is 4.83. The maximum absolute atomic E-state index is 5.68. The Morgan fingerprint density at radius 2 is 2.29 bits per heavy atom. The van der Waals surface area contributed by atoms with Crippen LogP contribution in [0.1, 0.15) is 12.8 Å². The lowest BCUT2D eigenvalue weighted by Gasteiger charge is -2.08. The van der Waals surface area contributed by atoms with Crippen molar-refractivity contribution in [2.24, 2.45) is 0 Å². The molecule has 3 heterocycles. The highest BCUT2D eigenvalue weighted by Crippen LogP contribution is 2.28. The van der Waals surface area contributed by atoms with E-state index in [4.69, 9.17) is 9.15 Å². The summed E-state index contributed by atoms with van der Waals surface area (Å²) in [5, 5.41) is 13.0. The summed E-state index contributed by atoms with van der Waals surface area (Å²) in [6.45, 7) is 1.48. The molecule has 1 aromatic carbocycles. The molecule has 2 aromatic heterocycles. The monoisotopic (exact) mass is 303 g/mol. The van der Waals surface area contributed by atoms with E-state index >= 15 is 0 Å². The van der Waals surface area contributed by atoms with Gasteiger partial charge in [-0.05, 0) is 35.4 Å². The highest BCUT2D eigenvalue weighted by Gasteiger charge is 2.20. The minimum Gasteiger partial charge on any atom is -0.431 e. The van der Waals surface area contributed by atoms with E-state index in [0.717, 1.165) is 30.5 Å². The summed E-state index contributed by atoms with van der Waals surface area (Å²) in [5.74, 6) is 0. The maximum atomic E-state index is 5.68. The number of hydrogen-bond acceptors (Lipinski definition) is 7. The number of fused-ring (bicyclic) bond motifs is 1. The molecular weight excluding hydrogens is 290 g/mol. The number of nitrogens with zero attached hydrogens (tertiary/aromatic N) is 5. The molecular formula is C13H13N5O2S. The summed E-state index contributed by atoms with van der Waals surface area (Å²) in [6.07, 6.45) is 2.34. The fraction of sp³-hybridized carbons (Fsp3) is 0.385. The van der Waals surface area contributed by atoms with Crippen LogP contribution in [0.25, 0.3) is 11.1 Å². The third kappa shape index (κ3) is 2.64. The van der Waals surface area contributed by atoms with Gasteiger partial charge < -0.3 is 9.15 Å². The van der Waals surface area contributed by atoms with Gasteiger partial charge in [-0.2, -0.15) is 0 Å². The zero-order valence-electron chi connectivity index (χ0n) is 11.2. The van der Waals surface area contributed by atoms with Gasteiger partial charge in [-0.3, -0.25) is 0 Å². The van der Waals surface area contributed by atoms with Crippen molar-refractivity contribution < 1.29 is 9.15 Å². The smallest absolute Gasteiger partial charge is 0.264 e. The van der Waals surface area contributed by atoms with E-state index in [9.17, 15) is 0 Å². The van der Waals surface area contributed by atoms with Crippen molar-refractivity contribution >= 4 is 22.9 Å². The number of ether oxygens (including phenoxy) is 1. The number of benzene rings is 1. The molecule has 0 radical (unpaired) electrons. The quantitative estimate of drug-likeness (QED) is 0.730. The van der Waals surface area contributed by atoms with E-state index in [2.05, 4.69) is 20.5 Å². The van der Waals surface area contributed by atoms with Gasteiger partial charge in [0.2, 0.25) is 5.16 Å². The van der Waals surface area contributed by atoms with Gasteiger partial charge in [-0.15, -0.1) is 5.10 Å². The van der Waals surface area contributed by atoms with Crippen LogP contribution in [0.4, 0.5) is 0 Å². The Bertz CT molecular complexity index is 717. The Labute approximate surface area is 124 Å². The first-order valence-electron chi connectivity index (χ1n) is 6.80. The van der Waals surface area contributed by atoms with Crippen LogP contribution >= 0.6 is 11.8 Å². The highest BCUT2D eigenvalue weighted by molar-refractivity contribution is 7.99. The normalized spacial score (nSPS) is 18.6. The molecule has 1 atom stereocenters. The molecule has 108 valence electrons. The van der Waals surface area contributed by atoms with Crippen LogP contribution in [0.3, 0.4) is 0 Å². The Hall–Kier alpha value is -1.93. The minimum atomic E-state index is 0.191. The average molecular weight is 303 g/mol. The van der Waals surface area contributed by atoms with Crippen LogP contribution in [0, 0.1) is 0 Å². The summed E-state index contributed by atoms with van der Waals surface area (Å²) < 4.78 is 13.0. The van der Waals surface area contributed by atoms with Crippen molar-refractivity contribution in [3.8, 4) is 0 Å². The zero-order chi connectivity index (χ0) is 14.1. The zero-order valence-corrected chi connectivity index (χ0v) is 12.0. The van der Waals surface area contributed by atoms with Gasteiger partial charge >= 0.3 is 0 Å². The summed E-state index contributed by atoms with van der Waals surface area (Å²) in [5.41, 5.74) is 1.59. The first-order chi connectivity index (χ1) is 10.4. The Balaban J connectivity index is 1.55. The molecule has 0 spiro atoms. The number of rotatable bonds is 4. The number of tetrazole rings is 1. The van der Waals surface area contributed by atoms with Crippen molar-refractivity contribution in [2.75, 3.05) is 6.61 Å². The van der Waals surface area contributed by atoms with Gasteiger partial charge in [0.15, 0.2) is 5.58 Å². The molecule has 21 heavy (non-hydrogen) atoms. The van der Waals surface area contributed by atoms with Crippen molar-refractivity contribution in [1.82, 2.24) is 25.2 Å². The lowest BCUT2D eigenvalue weighted by molar-refractivity contribution is 0.0911. The molecule has 1 aliphatic rings. The second-order valence-corrected chi connectivity index (χ2v) is 5.75. The topological polar surface area (TPSA) is 78.9 Å². The van der Waals surface area contributed by atoms with Gasteiger partial charge in [-0.25, -0.2) is 9.67 Å². The lowest BCUT2D eigenvalue weighted by Crippen LogP contribution is -2.16. The van der Waals surface area contributed by atoms with Gasteiger partial charge in [0.05, 0.1) is 12.6 Å². The molecule has 0 aliphatic carbocycles. The molecule has 8 heteroatoms.